The molecule has 3 nitrogen and oxygen atoms in total. The number of aromatic nitrogens is 2. The molecule has 0 atom stereocenters. The van der Waals surface area contributed by atoms with Crippen LogP contribution in [0.4, 0.5) is 0 Å². The van der Waals surface area contributed by atoms with Gasteiger partial charge in [0.2, 0.25) is 5.52 Å². The van der Waals surface area contributed by atoms with Gasteiger partial charge in [0.05, 0.1) is 16.3 Å². The SMILES string of the molecule is Cc1c2c(cc3cc[n+](C)c13)oc1cccc3ccn(C)c2c31. The van der Waals surface area contributed by atoms with Crippen LogP contribution in [0.15, 0.2) is 53.2 Å². The fourth-order valence-corrected chi connectivity index (χ4v) is 3.93. The lowest BCUT2D eigenvalue weighted by atomic mass is 10.0. The minimum atomic E-state index is 0.941. The van der Waals surface area contributed by atoms with Crippen LogP contribution in [0.5, 0.6) is 0 Å². The zero-order valence-corrected chi connectivity index (χ0v) is 13.4. The van der Waals surface area contributed by atoms with Gasteiger partial charge in [-0.15, -0.1) is 0 Å². The van der Waals surface area contributed by atoms with Crippen molar-refractivity contribution in [2.45, 2.75) is 6.92 Å². The molecule has 0 bridgehead atoms. The number of aryl methyl sites for hydroxylation is 3. The van der Waals surface area contributed by atoms with Gasteiger partial charge in [-0.25, -0.2) is 4.57 Å². The van der Waals surface area contributed by atoms with Gasteiger partial charge in [-0.05, 0) is 30.5 Å². The average molecular weight is 301 g/mol. The molecule has 23 heavy (non-hydrogen) atoms. The Labute approximate surface area is 133 Å². The summed E-state index contributed by atoms with van der Waals surface area (Å²) in [6.45, 7) is 2.19. The van der Waals surface area contributed by atoms with E-state index in [0.717, 1.165) is 11.2 Å². The maximum absolute atomic E-state index is 6.28. The van der Waals surface area contributed by atoms with E-state index < -0.39 is 0 Å². The number of rotatable bonds is 0. The van der Waals surface area contributed by atoms with Crippen molar-refractivity contribution in [1.82, 2.24) is 4.57 Å². The van der Waals surface area contributed by atoms with Crippen LogP contribution in [-0.4, -0.2) is 4.57 Å². The summed E-state index contributed by atoms with van der Waals surface area (Å²) in [6.07, 6.45) is 4.24. The van der Waals surface area contributed by atoms with Gasteiger partial charge in [0.15, 0.2) is 6.20 Å². The second-order valence-corrected chi connectivity index (χ2v) is 6.34. The average Bonchev–Trinajstić information content (AvgIpc) is 2.91. The van der Waals surface area contributed by atoms with E-state index in [9.17, 15) is 0 Å². The van der Waals surface area contributed by atoms with E-state index in [-0.39, 0.29) is 0 Å². The molecule has 3 aromatic heterocycles. The van der Waals surface area contributed by atoms with Crippen molar-refractivity contribution in [3.05, 3.63) is 54.4 Å². The lowest BCUT2D eigenvalue weighted by Gasteiger charge is -2.14. The van der Waals surface area contributed by atoms with Crippen LogP contribution in [0.2, 0.25) is 0 Å². The van der Waals surface area contributed by atoms with Crippen LogP contribution in [0.25, 0.3) is 43.7 Å². The quantitative estimate of drug-likeness (QED) is 0.236. The highest BCUT2D eigenvalue weighted by Crippen LogP contribution is 2.36. The smallest absolute Gasteiger partial charge is 0.216 e. The molecule has 112 valence electrons. The fourth-order valence-electron chi connectivity index (χ4n) is 3.93. The summed E-state index contributed by atoms with van der Waals surface area (Å²) in [5, 5.41) is 4.83. The third kappa shape index (κ3) is 1.51. The molecule has 0 amide bonds. The number of hydrogen-bond acceptors (Lipinski definition) is 1. The lowest BCUT2D eigenvalue weighted by molar-refractivity contribution is -0.642. The van der Waals surface area contributed by atoms with Crippen molar-refractivity contribution in [2.75, 3.05) is 0 Å². The number of pyridine rings is 1. The summed E-state index contributed by atoms with van der Waals surface area (Å²) in [6, 6.07) is 12.7. The number of fused-ring (bicyclic) bond motifs is 3. The second-order valence-electron chi connectivity index (χ2n) is 6.34. The van der Waals surface area contributed by atoms with E-state index in [1.54, 1.807) is 0 Å². The van der Waals surface area contributed by atoms with E-state index in [1.807, 2.05) is 0 Å². The molecule has 0 fully saturated rings. The fraction of sp³-hybridized carbons (Fsp3) is 0.150. The van der Waals surface area contributed by atoms with Crippen molar-refractivity contribution < 1.29 is 8.98 Å². The molecule has 5 aromatic rings. The molecule has 0 aliphatic rings. The summed E-state index contributed by atoms with van der Waals surface area (Å²) < 4.78 is 10.7. The molecular formula is C20H17N2O+. The topological polar surface area (TPSA) is 21.9 Å². The molecule has 0 spiro atoms. The first kappa shape index (κ1) is 12.7. The summed E-state index contributed by atoms with van der Waals surface area (Å²) in [4.78, 5) is 0. The van der Waals surface area contributed by atoms with Crippen molar-refractivity contribution in [3.63, 3.8) is 0 Å². The third-order valence-corrected chi connectivity index (χ3v) is 4.95. The Balaban J connectivity index is 2.20. The molecule has 0 aliphatic heterocycles. The van der Waals surface area contributed by atoms with Crippen molar-refractivity contribution in [3.8, 4) is 0 Å². The van der Waals surface area contributed by atoms with Gasteiger partial charge in [-0.1, -0.05) is 12.1 Å². The number of benzene rings is 2. The molecule has 2 aromatic carbocycles. The summed E-state index contributed by atoms with van der Waals surface area (Å²) >= 11 is 0. The Morgan fingerprint density at radius 1 is 1.00 bits per heavy atom. The zero-order valence-electron chi connectivity index (χ0n) is 13.4. The molecular weight excluding hydrogens is 284 g/mol. The van der Waals surface area contributed by atoms with Gasteiger partial charge < -0.3 is 8.98 Å². The monoisotopic (exact) mass is 301 g/mol. The molecule has 0 radical (unpaired) electrons. The Morgan fingerprint density at radius 2 is 1.87 bits per heavy atom. The normalized spacial score (nSPS) is 12.1. The molecule has 3 heteroatoms. The maximum Gasteiger partial charge on any atom is 0.216 e. The van der Waals surface area contributed by atoms with E-state index >= 15 is 0 Å². The third-order valence-electron chi connectivity index (χ3n) is 4.95. The predicted octanol–water partition coefficient (Wildman–Crippen LogP) is 4.36. The van der Waals surface area contributed by atoms with Crippen LogP contribution in [0.1, 0.15) is 5.56 Å². The molecule has 0 aliphatic carbocycles. The first-order chi connectivity index (χ1) is 11.1. The maximum atomic E-state index is 6.28. The van der Waals surface area contributed by atoms with Gasteiger partial charge in [0.25, 0.3) is 0 Å². The van der Waals surface area contributed by atoms with Crippen LogP contribution in [0, 0.1) is 6.92 Å². The first-order valence-electron chi connectivity index (χ1n) is 7.83. The number of hydrogen-bond donors (Lipinski definition) is 0. The summed E-state index contributed by atoms with van der Waals surface area (Å²) in [5.41, 5.74) is 5.66. The van der Waals surface area contributed by atoms with E-state index in [2.05, 4.69) is 78.9 Å². The summed E-state index contributed by atoms with van der Waals surface area (Å²) in [5.74, 6) is 0. The minimum absolute atomic E-state index is 0.941. The van der Waals surface area contributed by atoms with Crippen molar-refractivity contribution in [1.29, 1.82) is 0 Å². The zero-order chi connectivity index (χ0) is 15.7. The highest BCUT2D eigenvalue weighted by atomic mass is 16.3. The Kier molecular flexibility index (Phi) is 2.28. The second kappa shape index (κ2) is 4.13. The lowest BCUT2D eigenvalue weighted by Crippen LogP contribution is -2.25. The molecule has 0 N–H and O–H groups in total. The van der Waals surface area contributed by atoms with Gasteiger partial charge >= 0.3 is 0 Å². The molecule has 3 heterocycles. The minimum Gasteiger partial charge on any atom is -0.456 e. The van der Waals surface area contributed by atoms with E-state index in [0.29, 0.717) is 0 Å². The van der Waals surface area contributed by atoms with E-state index in [4.69, 9.17) is 4.42 Å². The van der Waals surface area contributed by atoms with Gasteiger partial charge in [-0.2, -0.15) is 0 Å². The highest BCUT2D eigenvalue weighted by molar-refractivity contribution is 6.18. The van der Waals surface area contributed by atoms with Crippen LogP contribution in [-0.2, 0) is 14.1 Å². The predicted molar refractivity (Wildman–Crippen MR) is 93.6 cm³/mol. The summed E-state index contributed by atoms with van der Waals surface area (Å²) in [7, 11) is 4.20. The van der Waals surface area contributed by atoms with E-state index in [1.165, 1.54) is 38.1 Å². The van der Waals surface area contributed by atoms with Gasteiger partial charge in [-0.3, -0.25) is 0 Å². The molecule has 0 unspecified atom stereocenters. The Hall–Kier alpha value is -2.81. The largest absolute Gasteiger partial charge is 0.456 e. The van der Waals surface area contributed by atoms with Crippen molar-refractivity contribution in [2.24, 2.45) is 14.1 Å². The molecule has 0 saturated carbocycles. The van der Waals surface area contributed by atoms with Crippen molar-refractivity contribution >= 4 is 43.7 Å². The number of nitrogens with zero attached hydrogens (tertiary/aromatic N) is 2. The van der Waals surface area contributed by atoms with Gasteiger partial charge in [0.1, 0.15) is 18.2 Å². The van der Waals surface area contributed by atoms with Gasteiger partial charge in [0, 0.05) is 30.3 Å². The van der Waals surface area contributed by atoms with Crippen LogP contribution < -0.4 is 4.57 Å². The standard InChI is InChI=1S/C20H17N2O/c1-12-17-16(11-14-8-10-21(2)19(12)14)23-15-6-4-5-13-7-9-22(3)20(17)18(13)15/h4-11H,1-3H3/q+1. The van der Waals surface area contributed by atoms with Crippen LogP contribution >= 0.6 is 0 Å². The molecule has 5 rings (SSSR count). The van der Waals surface area contributed by atoms with Crippen LogP contribution in [0.3, 0.4) is 0 Å². The molecule has 0 saturated heterocycles. The Bertz CT molecular complexity index is 1240. The highest BCUT2D eigenvalue weighted by Gasteiger charge is 2.19. The first-order valence-corrected chi connectivity index (χ1v) is 7.83. The Morgan fingerprint density at radius 3 is 2.74 bits per heavy atom.